The summed E-state index contributed by atoms with van der Waals surface area (Å²) < 4.78 is 0. The van der Waals surface area contributed by atoms with Crippen LogP contribution in [0.3, 0.4) is 0 Å². The topological polar surface area (TPSA) is 12.0 Å². The number of hydrogen-bond acceptors (Lipinski definition) is 2. The van der Waals surface area contributed by atoms with Gasteiger partial charge in [0.05, 0.1) is 0 Å². The van der Waals surface area contributed by atoms with E-state index in [0.29, 0.717) is 0 Å². The van der Waals surface area contributed by atoms with Crippen molar-refractivity contribution in [2.24, 2.45) is 0 Å². The first-order valence-corrected chi connectivity index (χ1v) is 8.19. The Morgan fingerprint density at radius 2 is 2.17 bits per heavy atom. The molecular weight excluding hydrogens is 238 g/mol. The molecule has 0 bridgehead atoms. The van der Waals surface area contributed by atoms with Gasteiger partial charge in [0.2, 0.25) is 0 Å². The van der Waals surface area contributed by atoms with Gasteiger partial charge in [0.25, 0.3) is 0 Å². The molecule has 0 fully saturated rings. The normalized spacial score (nSPS) is 19.8. The van der Waals surface area contributed by atoms with E-state index in [9.17, 15) is 0 Å². The lowest BCUT2D eigenvalue weighted by molar-refractivity contribution is 0.458. The lowest BCUT2D eigenvalue weighted by atomic mass is 10.0. The highest BCUT2D eigenvalue weighted by Crippen LogP contribution is 2.38. The van der Waals surface area contributed by atoms with Gasteiger partial charge < -0.3 is 5.32 Å². The molecule has 1 aliphatic heterocycles. The minimum atomic E-state index is 0.726. The molecule has 0 aromatic heterocycles. The third-order valence-corrected chi connectivity index (χ3v) is 5.17. The van der Waals surface area contributed by atoms with Gasteiger partial charge in [-0.3, -0.25) is 0 Å². The monoisotopic (exact) mass is 263 g/mol. The van der Waals surface area contributed by atoms with E-state index in [0.717, 1.165) is 17.8 Å². The average Bonchev–Trinajstić information content (AvgIpc) is 2.80. The van der Waals surface area contributed by atoms with Crippen LogP contribution in [0, 0.1) is 0 Å². The van der Waals surface area contributed by atoms with Gasteiger partial charge in [-0.25, -0.2) is 0 Å². The summed E-state index contributed by atoms with van der Waals surface area (Å²) in [5, 5.41) is 4.39. The van der Waals surface area contributed by atoms with E-state index in [1.54, 1.807) is 5.56 Å². The second-order valence-corrected chi connectivity index (χ2v) is 6.49. The number of thioether (sulfide) groups is 1. The molecule has 0 spiro atoms. The lowest BCUT2D eigenvalue weighted by Gasteiger charge is -2.16. The zero-order valence-corrected chi connectivity index (χ0v) is 12.4. The minimum absolute atomic E-state index is 0.726. The van der Waals surface area contributed by atoms with Crippen molar-refractivity contribution in [1.82, 2.24) is 5.32 Å². The summed E-state index contributed by atoms with van der Waals surface area (Å²) in [6.07, 6.45) is 6.58. The summed E-state index contributed by atoms with van der Waals surface area (Å²) in [7, 11) is 0. The van der Waals surface area contributed by atoms with E-state index in [1.165, 1.54) is 37.0 Å². The molecule has 0 aliphatic carbocycles. The van der Waals surface area contributed by atoms with Crippen molar-refractivity contribution >= 4 is 11.8 Å². The van der Waals surface area contributed by atoms with Gasteiger partial charge in [0, 0.05) is 16.2 Å². The molecule has 2 rings (SSSR count). The maximum absolute atomic E-state index is 3.57. The molecule has 0 saturated carbocycles. The molecule has 2 heteroatoms. The van der Waals surface area contributed by atoms with E-state index < -0.39 is 0 Å². The number of rotatable bonds is 7. The number of fused-ring (bicyclic) bond motifs is 1. The van der Waals surface area contributed by atoms with Crippen LogP contribution in [0.4, 0.5) is 0 Å². The quantitative estimate of drug-likeness (QED) is 0.789. The minimum Gasteiger partial charge on any atom is -0.314 e. The van der Waals surface area contributed by atoms with Gasteiger partial charge in [-0.05, 0) is 43.9 Å². The zero-order valence-electron chi connectivity index (χ0n) is 11.6. The summed E-state index contributed by atoms with van der Waals surface area (Å²) in [5.41, 5.74) is 1.56. The van der Waals surface area contributed by atoms with Crippen LogP contribution >= 0.6 is 11.8 Å². The molecule has 1 aliphatic rings. The molecule has 100 valence electrons. The molecule has 0 radical (unpaired) electrons. The summed E-state index contributed by atoms with van der Waals surface area (Å²) in [4.78, 5) is 1.52. The molecule has 1 nitrogen and oxygen atoms in total. The molecule has 0 saturated heterocycles. The van der Waals surface area contributed by atoms with Gasteiger partial charge >= 0.3 is 0 Å². The van der Waals surface area contributed by atoms with E-state index >= 15 is 0 Å². The predicted octanol–water partition coefficient (Wildman–Crippen LogP) is 4.26. The van der Waals surface area contributed by atoms with E-state index in [1.807, 2.05) is 0 Å². The summed E-state index contributed by atoms with van der Waals surface area (Å²) in [6, 6.07) is 9.61. The Kier molecular flexibility index (Phi) is 5.58. The zero-order chi connectivity index (χ0) is 12.8. The highest BCUT2D eigenvalue weighted by Gasteiger charge is 2.21. The highest BCUT2D eigenvalue weighted by atomic mass is 32.2. The van der Waals surface area contributed by atoms with Crippen molar-refractivity contribution in [1.29, 1.82) is 0 Å². The van der Waals surface area contributed by atoms with Crippen LogP contribution in [0.2, 0.25) is 0 Å². The fourth-order valence-electron chi connectivity index (χ4n) is 2.75. The molecule has 18 heavy (non-hydrogen) atoms. The first-order chi connectivity index (χ1) is 8.83. The fourth-order valence-corrected chi connectivity index (χ4v) is 4.11. The molecule has 0 amide bonds. The van der Waals surface area contributed by atoms with Gasteiger partial charge in [0.15, 0.2) is 0 Å². The fraction of sp³-hybridized carbons (Fsp3) is 0.625. The van der Waals surface area contributed by atoms with E-state index in [-0.39, 0.29) is 0 Å². The molecule has 2 atom stereocenters. The number of nitrogens with one attached hydrogen (secondary N) is 1. The smallest absolute Gasteiger partial charge is 0.0135 e. The Morgan fingerprint density at radius 3 is 2.89 bits per heavy atom. The van der Waals surface area contributed by atoms with Crippen LogP contribution in [0.25, 0.3) is 0 Å². The van der Waals surface area contributed by atoms with Crippen molar-refractivity contribution in [3.05, 3.63) is 29.8 Å². The number of hydrogen-bond donors (Lipinski definition) is 1. The highest BCUT2D eigenvalue weighted by molar-refractivity contribution is 8.00. The van der Waals surface area contributed by atoms with Crippen LogP contribution in [0.5, 0.6) is 0 Å². The van der Waals surface area contributed by atoms with Crippen LogP contribution in [0.1, 0.15) is 45.1 Å². The Labute approximate surface area is 116 Å². The van der Waals surface area contributed by atoms with Gasteiger partial charge in [-0.2, -0.15) is 0 Å². The van der Waals surface area contributed by atoms with Crippen molar-refractivity contribution in [3.63, 3.8) is 0 Å². The maximum Gasteiger partial charge on any atom is 0.0135 e. The molecule has 1 N–H and O–H groups in total. The van der Waals surface area contributed by atoms with Crippen molar-refractivity contribution < 1.29 is 0 Å². The van der Waals surface area contributed by atoms with Crippen LogP contribution in [-0.4, -0.2) is 17.8 Å². The standard InChI is InChI=1S/C16H25NS/c1-3-14(17-4-2)9-7-10-15-12-13-8-5-6-11-16(13)18-15/h5-6,8,11,14-15,17H,3-4,7,9-10,12H2,1-2H3. The first-order valence-electron chi connectivity index (χ1n) is 7.31. The van der Waals surface area contributed by atoms with E-state index in [4.69, 9.17) is 0 Å². The second-order valence-electron chi connectivity index (χ2n) is 5.15. The molecular formula is C16H25NS. The summed E-state index contributed by atoms with van der Waals surface area (Å²) in [5.74, 6) is 0. The Balaban J connectivity index is 1.70. The largest absolute Gasteiger partial charge is 0.314 e. The molecule has 1 heterocycles. The SMILES string of the molecule is CCNC(CC)CCCC1Cc2ccccc2S1. The van der Waals surface area contributed by atoms with Gasteiger partial charge in [-0.1, -0.05) is 38.5 Å². The van der Waals surface area contributed by atoms with Crippen LogP contribution in [0.15, 0.2) is 29.2 Å². The second kappa shape index (κ2) is 7.20. The van der Waals surface area contributed by atoms with Crippen LogP contribution in [-0.2, 0) is 6.42 Å². The van der Waals surface area contributed by atoms with Gasteiger partial charge in [-0.15, -0.1) is 11.8 Å². The summed E-state index contributed by atoms with van der Waals surface area (Å²) in [6.45, 7) is 5.59. The van der Waals surface area contributed by atoms with E-state index in [2.05, 4.69) is 55.2 Å². The molecule has 1 aromatic rings. The van der Waals surface area contributed by atoms with Crippen molar-refractivity contribution in [2.75, 3.05) is 6.54 Å². The molecule has 2 unspecified atom stereocenters. The first kappa shape index (κ1) is 14.0. The lowest BCUT2D eigenvalue weighted by Crippen LogP contribution is -2.28. The molecule has 1 aromatic carbocycles. The number of benzene rings is 1. The third kappa shape index (κ3) is 3.76. The maximum atomic E-state index is 3.57. The predicted molar refractivity (Wildman–Crippen MR) is 81.4 cm³/mol. The average molecular weight is 263 g/mol. The third-order valence-electron chi connectivity index (χ3n) is 3.78. The van der Waals surface area contributed by atoms with Crippen molar-refractivity contribution in [2.45, 2.75) is 62.1 Å². The summed E-state index contributed by atoms with van der Waals surface area (Å²) >= 11 is 2.09. The Hall–Kier alpha value is -0.470. The Bertz CT molecular complexity index is 339. The van der Waals surface area contributed by atoms with Crippen molar-refractivity contribution in [3.8, 4) is 0 Å². The van der Waals surface area contributed by atoms with Crippen LogP contribution < -0.4 is 5.32 Å². The Morgan fingerprint density at radius 1 is 1.33 bits per heavy atom. The van der Waals surface area contributed by atoms with Gasteiger partial charge in [0.1, 0.15) is 0 Å².